The van der Waals surface area contributed by atoms with E-state index in [0.29, 0.717) is 10.00 Å². The lowest BCUT2D eigenvalue weighted by Crippen LogP contribution is -2.67. The summed E-state index contributed by atoms with van der Waals surface area (Å²) in [6.07, 6.45) is 2.47. The third-order valence-electron chi connectivity index (χ3n) is 4.76. The summed E-state index contributed by atoms with van der Waals surface area (Å²) in [5, 5.41) is 10.1. The van der Waals surface area contributed by atoms with Gasteiger partial charge in [-0.15, -0.1) is 23.5 Å². The van der Waals surface area contributed by atoms with E-state index in [1.165, 1.54) is 24.3 Å². The number of hydrogen-bond acceptors (Lipinski definition) is 4. The molecule has 4 aliphatic heterocycles. The van der Waals surface area contributed by atoms with Gasteiger partial charge in [-0.1, -0.05) is 0 Å². The monoisotopic (exact) mass is 243 g/mol. The van der Waals surface area contributed by atoms with Crippen molar-refractivity contribution in [1.29, 1.82) is 0 Å². The first-order valence-corrected chi connectivity index (χ1v) is 7.97. The number of hydrogen-bond donors (Lipinski definition) is 1. The molecule has 4 heterocycles. The molecule has 2 unspecified atom stereocenters. The topological polar surface area (TPSA) is 23.5 Å². The van der Waals surface area contributed by atoms with E-state index in [1.54, 1.807) is 0 Å². The number of aliphatic hydroxyl groups is 1. The lowest BCUT2D eigenvalue weighted by atomic mass is 9.66. The van der Waals surface area contributed by atoms with Crippen LogP contribution in [-0.4, -0.2) is 44.9 Å². The Labute approximate surface area is 99.2 Å². The Morgan fingerprint density at radius 3 is 2.20 bits per heavy atom. The number of aliphatic hydroxyl groups excluding tert-OH is 1. The molecule has 0 aromatic heterocycles. The Morgan fingerprint density at radius 1 is 1.07 bits per heavy atom. The van der Waals surface area contributed by atoms with Gasteiger partial charge in [0, 0.05) is 24.6 Å². The summed E-state index contributed by atoms with van der Waals surface area (Å²) < 4.78 is 0.563. The minimum atomic E-state index is -0.105. The molecule has 5 aliphatic rings. The van der Waals surface area contributed by atoms with Crippen LogP contribution in [0.5, 0.6) is 0 Å². The van der Waals surface area contributed by atoms with Gasteiger partial charge < -0.3 is 5.11 Å². The molecular formula is C11H17NOS2. The summed E-state index contributed by atoms with van der Waals surface area (Å²) in [6.45, 7) is 2.32. The van der Waals surface area contributed by atoms with Crippen LogP contribution in [-0.2, 0) is 0 Å². The quantitative estimate of drug-likeness (QED) is 0.696. The second-order valence-corrected chi connectivity index (χ2v) is 8.41. The molecule has 2 nitrogen and oxygen atoms in total. The van der Waals surface area contributed by atoms with E-state index >= 15 is 0 Å². The fourth-order valence-electron chi connectivity index (χ4n) is 4.21. The predicted octanol–water partition coefficient (Wildman–Crippen LogP) is 1.45. The first-order valence-electron chi connectivity index (χ1n) is 5.99. The largest absolute Gasteiger partial charge is 0.378 e. The van der Waals surface area contributed by atoms with Crippen molar-refractivity contribution in [3.05, 3.63) is 0 Å². The SMILES string of the molecule is O[C@H]1C2C[C@@H]3CN1C[C@H](C2)C31SCCS1. The Hall–Kier alpha value is 0.620. The van der Waals surface area contributed by atoms with Crippen molar-refractivity contribution in [1.82, 2.24) is 4.90 Å². The van der Waals surface area contributed by atoms with E-state index in [9.17, 15) is 5.11 Å². The highest BCUT2D eigenvalue weighted by Gasteiger charge is 2.61. The maximum absolute atomic E-state index is 10.1. The highest BCUT2D eigenvalue weighted by Crippen LogP contribution is 2.64. The molecule has 4 saturated heterocycles. The Bertz CT molecular complexity index is 258. The highest BCUT2D eigenvalue weighted by molar-refractivity contribution is 8.21. The van der Waals surface area contributed by atoms with Crippen molar-refractivity contribution in [2.24, 2.45) is 17.8 Å². The second kappa shape index (κ2) is 3.09. The van der Waals surface area contributed by atoms with Crippen LogP contribution < -0.4 is 0 Å². The van der Waals surface area contributed by atoms with Crippen LogP contribution in [0, 0.1) is 17.8 Å². The maximum Gasteiger partial charge on any atom is 0.110 e. The molecule has 5 rings (SSSR count). The molecule has 4 bridgehead atoms. The molecule has 15 heavy (non-hydrogen) atoms. The third kappa shape index (κ3) is 1.12. The molecule has 0 amide bonds. The van der Waals surface area contributed by atoms with Crippen LogP contribution in [0.15, 0.2) is 0 Å². The number of nitrogens with zero attached hydrogens (tertiary/aromatic N) is 1. The van der Waals surface area contributed by atoms with Gasteiger partial charge in [-0.05, 0) is 30.6 Å². The Balaban J connectivity index is 1.71. The molecule has 1 aliphatic carbocycles. The van der Waals surface area contributed by atoms with E-state index in [1.807, 2.05) is 0 Å². The highest BCUT2D eigenvalue weighted by atomic mass is 32.2. The lowest BCUT2D eigenvalue weighted by Gasteiger charge is -2.62. The average Bonchev–Trinajstić information content (AvgIpc) is 2.66. The molecule has 0 aromatic rings. The van der Waals surface area contributed by atoms with Crippen molar-refractivity contribution in [3.8, 4) is 0 Å². The first-order chi connectivity index (χ1) is 7.29. The van der Waals surface area contributed by atoms with Crippen LogP contribution in [0.25, 0.3) is 0 Å². The number of piperidine rings is 3. The summed E-state index contributed by atoms with van der Waals surface area (Å²) in [6, 6.07) is 0. The second-order valence-electron chi connectivity index (χ2n) is 5.41. The van der Waals surface area contributed by atoms with Crippen LogP contribution in [0.3, 0.4) is 0 Å². The molecular weight excluding hydrogens is 226 g/mol. The van der Waals surface area contributed by atoms with Crippen molar-refractivity contribution in [2.75, 3.05) is 24.6 Å². The summed E-state index contributed by atoms with van der Waals surface area (Å²) in [7, 11) is 0. The van der Waals surface area contributed by atoms with Gasteiger partial charge in [0.25, 0.3) is 0 Å². The van der Waals surface area contributed by atoms with Gasteiger partial charge in [-0.2, -0.15) is 0 Å². The fourth-order valence-corrected chi connectivity index (χ4v) is 7.97. The van der Waals surface area contributed by atoms with Crippen molar-refractivity contribution in [2.45, 2.75) is 23.1 Å². The van der Waals surface area contributed by atoms with Gasteiger partial charge in [0.05, 0.1) is 4.08 Å². The fraction of sp³-hybridized carbons (Fsp3) is 1.00. The maximum atomic E-state index is 10.1. The molecule has 1 N–H and O–H groups in total. The van der Waals surface area contributed by atoms with E-state index in [4.69, 9.17) is 0 Å². The molecule has 0 aromatic carbocycles. The van der Waals surface area contributed by atoms with Crippen LogP contribution >= 0.6 is 23.5 Å². The van der Waals surface area contributed by atoms with Gasteiger partial charge in [-0.3, -0.25) is 4.90 Å². The standard InChI is InChI=1S/C11H17NOS2/c13-10-7-3-8-5-12(10)6-9(4-7)11(8)14-1-2-15-11/h7-10,13H,1-6H2/t7?,8-,9+,10-/m0/s1. The molecule has 84 valence electrons. The van der Waals surface area contributed by atoms with E-state index in [0.717, 1.165) is 24.9 Å². The zero-order valence-electron chi connectivity index (χ0n) is 8.76. The summed E-state index contributed by atoms with van der Waals surface area (Å²) >= 11 is 4.47. The van der Waals surface area contributed by atoms with Gasteiger partial charge in [-0.25, -0.2) is 0 Å². The van der Waals surface area contributed by atoms with Gasteiger partial charge in [0.2, 0.25) is 0 Å². The Morgan fingerprint density at radius 2 is 1.67 bits per heavy atom. The Kier molecular flexibility index (Phi) is 1.98. The smallest absolute Gasteiger partial charge is 0.110 e. The predicted molar refractivity (Wildman–Crippen MR) is 64.9 cm³/mol. The average molecular weight is 243 g/mol. The van der Waals surface area contributed by atoms with Crippen LogP contribution in [0.4, 0.5) is 0 Å². The zero-order valence-corrected chi connectivity index (χ0v) is 10.4. The summed E-state index contributed by atoms with van der Waals surface area (Å²) in [4.78, 5) is 2.34. The first kappa shape index (κ1) is 9.63. The van der Waals surface area contributed by atoms with E-state index in [-0.39, 0.29) is 6.23 Å². The minimum Gasteiger partial charge on any atom is -0.378 e. The van der Waals surface area contributed by atoms with Crippen molar-refractivity contribution in [3.63, 3.8) is 0 Å². The van der Waals surface area contributed by atoms with Gasteiger partial charge >= 0.3 is 0 Å². The minimum absolute atomic E-state index is 0.105. The number of thioether (sulfide) groups is 2. The number of rotatable bonds is 0. The van der Waals surface area contributed by atoms with Gasteiger partial charge in [0.15, 0.2) is 0 Å². The van der Waals surface area contributed by atoms with Gasteiger partial charge in [0.1, 0.15) is 6.23 Å². The van der Waals surface area contributed by atoms with Crippen molar-refractivity contribution < 1.29 is 5.11 Å². The molecule has 0 radical (unpaired) electrons. The van der Waals surface area contributed by atoms with E-state index in [2.05, 4.69) is 28.4 Å². The summed E-state index contributed by atoms with van der Waals surface area (Å²) in [5.41, 5.74) is 0. The normalized spacial score (nSPS) is 55.4. The van der Waals surface area contributed by atoms with Crippen molar-refractivity contribution >= 4 is 23.5 Å². The summed E-state index contributed by atoms with van der Waals surface area (Å²) in [5.74, 6) is 5.01. The van der Waals surface area contributed by atoms with E-state index < -0.39 is 0 Å². The molecule has 5 atom stereocenters. The molecule has 1 saturated carbocycles. The molecule has 5 fully saturated rings. The zero-order chi connectivity index (χ0) is 10.0. The molecule has 1 spiro atoms. The van der Waals surface area contributed by atoms with Crippen LogP contribution in [0.1, 0.15) is 12.8 Å². The lowest BCUT2D eigenvalue weighted by molar-refractivity contribution is -0.156. The molecule has 4 heteroatoms. The van der Waals surface area contributed by atoms with Crippen LogP contribution in [0.2, 0.25) is 0 Å². The third-order valence-corrected chi connectivity index (χ3v) is 8.77.